The van der Waals surface area contributed by atoms with Crippen LogP contribution in [0.3, 0.4) is 0 Å². The summed E-state index contributed by atoms with van der Waals surface area (Å²) in [7, 11) is 0. The summed E-state index contributed by atoms with van der Waals surface area (Å²) < 4.78 is 5.95. The van der Waals surface area contributed by atoms with E-state index in [4.69, 9.17) is 4.74 Å². The molecular weight excluding hydrogens is 258 g/mol. The minimum absolute atomic E-state index is 0.206. The molecule has 1 aliphatic carbocycles. The van der Waals surface area contributed by atoms with Crippen molar-refractivity contribution in [3.05, 3.63) is 24.3 Å². The first-order valence-electron chi connectivity index (χ1n) is 8.40. The molecule has 2 unspecified atom stereocenters. The van der Waals surface area contributed by atoms with Crippen LogP contribution in [0.1, 0.15) is 60.3 Å². The Bertz CT molecular complexity index is 447. The number of ether oxygens (including phenoxy) is 1. The van der Waals surface area contributed by atoms with Crippen LogP contribution in [0.25, 0.3) is 0 Å². The third kappa shape index (κ3) is 4.39. The van der Waals surface area contributed by atoms with Gasteiger partial charge in [-0.3, -0.25) is 0 Å². The molecule has 0 spiro atoms. The molecule has 0 radical (unpaired) electrons. The van der Waals surface area contributed by atoms with Gasteiger partial charge in [-0.25, -0.2) is 0 Å². The van der Waals surface area contributed by atoms with E-state index in [9.17, 15) is 0 Å². The number of benzene rings is 1. The molecule has 1 aliphatic rings. The highest BCUT2D eigenvalue weighted by molar-refractivity contribution is 5.57. The molecule has 1 aromatic carbocycles. The van der Waals surface area contributed by atoms with Gasteiger partial charge in [-0.15, -0.1) is 0 Å². The zero-order valence-corrected chi connectivity index (χ0v) is 14.3. The number of anilines is 1. The first-order valence-corrected chi connectivity index (χ1v) is 8.40. The molecule has 0 aromatic heterocycles. The average molecular weight is 289 g/mol. The van der Waals surface area contributed by atoms with Gasteiger partial charge in [0.1, 0.15) is 5.75 Å². The lowest BCUT2D eigenvalue weighted by Gasteiger charge is -2.41. The van der Waals surface area contributed by atoms with Gasteiger partial charge < -0.3 is 10.1 Å². The van der Waals surface area contributed by atoms with Crippen molar-refractivity contribution in [1.82, 2.24) is 0 Å². The van der Waals surface area contributed by atoms with Gasteiger partial charge in [0.2, 0.25) is 0 Å². The van der Waals surface area contributed by atoms with Gasteiger partial charge in [0, 0.05) is 6.04 Å². The highest BCUT2D eigenvalue weighted by Gasteiger charge is 2.34. The van der Waals surface area contributed by atoms with Crippen molar-refractivity contribution in [3.63, 3.8) is 0 Å². The van der Waals surface area contributed by atoms with Crippen molar-refractivity contribution in [3.8, 4) is 5.75 Å². The van der Waals surface area contributed by atoms with E-state index in [1.165, 1.54) is 25.7 Å². The van der Waals surface area contributed by atoms with Gasteiger partial charge in [0.15, 0.2) is 0 Å². The Labute approximate surface area is 130 Å². The Morgan fingerprint density at radius 1 is 1.10 bits per heavy atom. The Morgan fingerprint density at radius 2 is 1.76 bits per heavy atom. The van der Waals surface area contributed by atoms with Crippen LogP contribution < -0.4 is 10.1 Å². The lowest BCUT2D eigenvalue weighted by Crippen LogP contribution is -2.39. The Balaban J connectivity index is 2.16. The first kappa shape index (κ1) is 16.2. The average Bonchev–Trinajstić information content (AvgIpc) is 2.40. The van der Waals surface area contributed by atoms with Crippen molar-refractivity contribution in [2.24, 2.45) is 11.3 Å². The summed E-state index contributed by atoms with van der Waals surface area (Å²) in [6, 6.07) is 8.90. The van der Waals surface area contributed by atoms with Crippen molar-refractivity contribution >= 4 is 5.69 Å². The van der Waals surface area contributed by atoms with Gasteiger partial charge in [-0.05, 0) is 50.2 Å². The van der Waals surface area contributed by atoms with Crippen molar-refractivity contribution in [2.75, 3.05) is 5.32 Å². The van der Waals surface area contributed by atoms with Crippen molar-refractivity contribution in [1.29, 1.82) is 0 Å². The quantitative estimate of drug-likeness (QED) is 0.791. The van der Waals surface area contributed by atoms with Crippen LogP contribution >= 0.6 is 0 Å². The first-order chi connectivity index (χ1) is 9.88. The predicted molar refractivity (Wildman–Crippen MR) is 91.0 cm³/mol. The molecule has 1 fully saturated rings. The molecule has 118 valence electrons. The third-order valence-corrected chi connectivity index (χ3v) is 4.47. The molecule has 1 N–H and O–H groups in total. The number of hydrogen-bond donors (Lipinski definition) is 1. The Kier molecular flexibility index (Phi) is 5.18. The Hall–Kier alpha value is -1.18. The Morgan fingerprint density at radius 3 is 2.43 bits per heavy atom. The van der Waals surface area contributed by atoms with E-state index in [1.54, 1.807) is 0 Å². The fourth-order valence-corrected chi connectivity index (χ4v) is 3.48. The predicted octanol–water partition coefficient (Wildman–Crippen LogP) is 5.49. The van der Waals surface area contributed by atoms with Crippen LogP contribution in [-0.2, 0) is 0 Å². The number of hydrogen-bond acceptors (Lipinski definition) is 2. The van der Waals surface area contributed by atoms with E-state index in [0.717, 1.165) is 17.4 Å². The van der Waals surface area contributed by atoms with E-state index in [2.05, 4.69) is 58.1 Å². The summed E-state index contributed by atoms with van der Waals surface area (Å²) in [5.74, 6) is 1.70. The molecule has 1 saturated carbocycles. The van der Waals surface area contributed by atoms with Gasteiger partial charge in [-0.1, -0.05) is 45.7 Å². The standard InChI is InChI=1S/C19H31NO/c1-14(2)21-18-13-9-8-12-17(18)20-16-11-7-6-10-15(16)19(3,4)5/h8-9,12-16,20H,6-7,10-11H2,1-5H3. The summed E-state index contributed by atoms with van der Waals surface area (Å²) in [5, 5.41) is 3.79. The van der Waals surface area contributed by atoms with E-state index in [-0.39, 0.29) is 6.10 Å². The molecule has 0 aliphatic heterocycles. The lowest BCUT2D eigenvalue weighted by atomic mass is 9.69. The summed E-state index contributed by atoms with van der Waals surface area (Å²) in [6.45, 7) is 11.3. The number of nitrogens with one attached hydrogen (secondary N) is 1. The normalized spacial score (nSPS) is 23.1. The van der Waals surface area contributed by atoms with Crippen LogP contribution in [-0.4, -0.2) is 12.1 Å². The summed E-state index contributed by atoms with van der Waals surface area (Å²) in [4.78, 5) is 0. The van der Waals surface area contributed by atoms with Gasteiger partial charge in [0.25, 0.3) is 0 Å². The van der Waals surface area contributed by atoms with Crippen LogP contribution in [0, 0.1) is 11.3 Å². The molecule has 21 heavy (non-hydrogen) atoms. The zero-order chi connectivity index (χ0) is 15.5. The second kappa shape index (κ2) is 6.72. The fourth-order valence-electron chi connectivity index (χ4n) is 3.48. The topological polar surface area (TPSA) is 21.3 Å². The van der Waals surface area contributed by atoms with Gasteiger partial charge in [-0.2, -0.15) is 0 Å². The summed E-state index contributed by atoms with van der Waals surface area (Å²) >= 11 is 0. The second-order valence-corrected chi connectivity index (χ2v) is 7.67. The van der Waals surface area contributed by atoms with Crippen LogP contribution in [0.5, 0.6) is 5.75 Å². The second-order valence-electron chi connectivity index (χ2n) is 7.67. The smallest absolute Gasteiger partial charge is 0.142 e. The van der Waals surface area contributed by atoms with Gasteiger partial charge >= 0.3 is 0 Å². The van der Waals surface area contributed by atoms with Crippen molar-refractivity contribution < 1.29 is 4.74 Å². The molecule has 2 heteroatoms. The van der Waals surface area contributed by atoms with Crippen LogP contribution in [0.2, 0.25) is 0 Å². The van der Waals surface area contributed by atoms with E-state index >= 15 is 0 Å². The minimum Gasteiger partial charge on any atom is -0.489 e. The van der Waals surface area contributed by atoms with E-state index < -0.39 is 0 Å². The number of rotatable bonds is 4. The van der Waals surface area contributed by atoms with Crippen LogP contribution in [0.4, 0.5) is 5.69 Å². The highest BCUT2D eigenvalue weighted by atomic mass is 16.5. The van der Waals surface area contributed by atoms with Crippen molar-refractivity contribution in [2.45, 2.75) is 72.4 Å². The fraction of sp³-hybridized carbons (Fsp3) is 0.684. The molecule has 2 nitrogen and oxygen atoms in total. The molecule has 0 amide bonds. The van der Waals surface area contributed by atoms with Gasteiger partial charge in [0.05, 0.1) is 11.8 Å². The molecule has 0 bridgehead atoms. The van der Waals surface area contributed by atoms with E-state index in [1.807, 2.05) is 6.07 Å². The maximum absolute atomic E-state index is 5.95. The molecule has 0 heterocycles. The minimum atomic E-state index is 0.206. The summed E-state index contributed by atoms with van der Waals surface area (Å²) in [5.41, 5.74) is 1.50. The molecule has 1 aromatic rings. The molecule has 2 rings (SSSR count). The van der Waals surface area contributed by atoms with E-state index in [0.29, 0.717) is 11.5 Å². The zero-order valence-electron chi connectivity index (χ0n) is 14.3. The highest BCUT2D eigenvalue weighted by Crippen LogP contribution is 2.40. The third-order valence-electron chi connectivity index (χ3n) is 4.47. The molecule has 0 saturated heterocycles. The van der Waals surface area contributed by atoms with Crippen LogP contribution in [0.15, 0.2) is 24.3 Å². The maximum atomic E-state index is 5.95. The largest absolute Gasteiger partial charge is 0.489 e. The maximum Gasteiger partial charge on any atom is 0.142 e. The SMILES string of the molecule is CC(C)Oc1ccccc1NC1CCCCC1C(C)(C)C. The molecule has 2 atom stereocenters. The summed E-state index contributed by atoms with van der Waals surface area (Å²) in [6.07, 6.45) is 5.49. The monoisotopic (exact) mass is 289 g/mol. The number of para-hydroxylation sites is 2. The lowest BCUT2D eigenvalue weighted by molar-refractivity contribution is 0.162. The molecular formula is C19H31NO.